The number of rotatable bonds is 12. The predicted molar refractivity (Wildman–Crippen MR) is 201 cm³/mol. The zero-order valence-electron chi connectivity index (χ0n) is 30.2. The molecule has 3 fully saturated rings. The lowest BCUT2D eigenvalue weighted by Gasteiger charge is -2.37. The molecule has 0 bridgehead atoms. The van der Waals surface area contributed by atoms with Crippen LogP contribution in [0.3, 0.4) is 0 Å². The van der Waals surface area contributed by atoms with Crippen molar-refractivity contribution in [1.29, 1.82) is 0 Å². The second-order valence-electron chi connectivity index (χ2n) is 15.1. The lowest BCUT2D eigenvalue weighted by molar-refractivity contribution is 0.320. The third kappa shape index (κ3) is 9.90. The number of hydrogen-bond donors (Lipinski definition) is 1. The van der Waals surface area contributed by atoms with Gasteiger partial charge in [0.05, 0.1) is 5.70 Å². The molecule has 2 aromatic heterocycles. The van der Waals surface area contributed by atoms with Crippen molar-refractivity contribution < 1.29 is 0 Å². The Hall–Kier alpha value is -3.21. The summed E-state index contributed by atoms with van der Waals surface area (Å²) in [6.07, 6.45) is 20.5. The summed E-state index contributed by atoms with van der Waals surface area (Å²) >= 11 is 0. The van der Waals surface area contributed by atoms with E-state index in [1.807, 2.05) is 13.1 Å². The maximum Gasteiger partial charge on any atom is 0.133 e. The van der Waals surface area contributed by atoms with Crippen molar-refractivity contribution in [1.82, 2.24) is 15.3 Å². The lowest BCUT2D eigenvalue weighted by atomic mass is 9.79. The van der Waals surface area contributed by atoms with Crippen LogP contribution in [0.2, 0.25) is 0 Å². The Bertz CT molecular complexity index is 1420. The first-order chi connectivity index (χ1) is 22.7. The molecule has 0 radical (unpaired) electrons. The van der Waals surface area contributed by atoms with E-state index >= 15 is 0 Å². The van der Waals surface area contributed by atoms with Crippen LogP contribution in [0.4, 0.5) is 5.82 Å². The molecule has 1 aliphatic heterocycles. The quantitative estimate of drug-likeness (QED) is 0.252. The van der Waals surface area contributed by atoms with E-state index in [-0.39, 0.29) is 0 Å². The Labute approximate surface area is 286 Å². The summed E-state index contributed by atoms with van der Waals surface area (Å²) in [6, 6.07) is 9.01. The summed E-state index contributed by atoms with van der Waals surface area (Å²) in [5.74, 6) is 4.35. The van der Waals surface area contributed by atoms with E-state index in [1.54, 1.807) is 0 Å². The van der Waals surface area contributed by atoms with Crippen molar-refractivity contribution >= 4 is 17.2 Å². The van der Waals surface area contributed by atoms with E-state index in [0.29, 0.717) is 23.7 Å². The van der Waals surface area contributed by atoms with Gasteiger partial charge in [0.25, 0.3) is 0 Å². The number of pyridine rings is 2. The maximum atomic E-state index is 5.03. The van der Waals surface area contributed by atoms with Gasteiger partial charge in [0.1, 0.15) is 5.82 Å². The molecule has 3 saturated carbocycles. The molecule has 0 amide bonds. The minimum Gasteiger partial charge on any atom is -0.389 e. The monoisotopic (exact) mass is 635 g/mol. The summed E-state index contributed by atoms with van der Waals surface area (Å²) in [4.78, 5) is 17.5. The first kappa shape index (κ1) is 35.1. The molecule has 2 aromatic rings. The summed E-state index contributed by atoms with van der Waals surface area (Å²) < 4.78 is 0. The first-order valence-corrected chi connectivity index (χ1v) is 18.8. The molecule has 0 spiro atoms. The van der Waals surface area contributed by atoms with Gasteiger partial charge in [0.15, 0.2) is 0 Å². The Morgan fingerprint density at radius 1 is 0.957 bits per heavy atom. The van der Waals surface area contributed by atoms with Crippen LogP contribution in [0, 0.1) is 30.6 Å². The molecule has 4 aliphatic rings. The highest BCUT2D eigenvalue weighted by molar-refractivity contribution is 5.98. The molecular formula is C42H61N5. The molecule has 3 aliphatic carbocycles. The Morgan fingerprint density at radius 2 is 1.68 bits per heavy atom. The highest BCUT2D eigenvalue weighted by atomic mass is 15.2. The second-order valence-corrected chi connectivity index (χ2v) is 15.1. The van der Waals surface area contributed by atoms with Gasteiger partial charge in [-0.15, -0.1) is 0 Å². The fraction of sp³-hybridized carbons (Fsp3) is 0.595. The van der Waals surface area contributed by atoms with E-state index in [1.165, 1.54) is 105 Å². The largest absolute Gasteiger partial charge is 0.389 e. The summed E-state index contributed by atoms with van der Waals surface area (Å²) in [7, 11) is 0. The molecule has 47 heavy (non-hydrogen) atoms. The third-order valence-corrected chi connectivity index (χ3v) is 10.7. The molecule has 0 aromatic carbocycles. The van der Waals surface area contributed by atoms with Gasteiger partial charge >= 0.3 is 0 Å². The van der Waals surface area contributed by atoms with E-state index in [0.717, 1.165) is 49.1 Å². The summed E-state index contributed by atoms with van der Waals surface area (Å²) in [6.45, 7) is 21.2. The smallest absolute Gasteiger partial charge is 0.133 e. The van der Waals surface area contributed by atoms with Crippen molar-refractivity contribution in [3.63, 3.8) is 0 Å². The molecule has 0 atom stereocenters. The van der Waals surface area contributed by atoms with Gasteiger partial charge in [-0.25, -0.2) is 4.98 Å². The van der Waals surface area contributed by atoms with Gasteiger partial charge in [-0.3, -0.25) is 9.98 Å². The molecule has 0 saturated heterocycles. The van der Waals surface area contributed by atoms with Crippen LogP contribution in [0.1, 0.15) is 133 Å². The SMILES string of the molecule is C=C(C)NCC(C)C.C=C(C1CCCCC1)N(CC1CCC(c2ccc(CC)c(C)n2)CC1)c1cc(C2=CCC(C3CC3)=N2)ccn1. The van der Waals surface area contributed by atoms with Crippen LogP contribution in [-0.4, -0.2) is 28.8 Å². The molecule has 5 nitrogen and oxygen atoms in total. The number of allylic oxidation sites excluding steroid dienone is 3. The Balaban J connectivity index is 0.000000483. The van der Waals surface area contributed by atoms with Crippen molar-refractivity contribution in [2.75, 3.05) is 18.0 Å². The highest BCUT2D eigenvalue weighted by Crippen LogP contribution is 2.40. The molecule has 0 unspecified atom stereocenters. The number of nitrogens with one attached hydrogen (secondary N) is 1. The molecule has 5 heteroatoms. The molecule has 1 N–H and O–H groups in total. The van der Waals surface area contributed by atoms with Crippen LogP contribution in [0.25, 0.3) is 5.70 Å². The number of hydrogen-bond acceptors (Lipinski definition) is 5. The maximum absolute atomic E-state index is 5.03. The fourth-order valence-electron chi connectivity index (χ4n) is 7.53. The average Bonchev–Trinajstić information content (AvgIpc) is 3.82. The number of aromatic nitrogens is 2. The molecule has 3 heterocycles. The van der Waals surface area contributed by atoms with Gasteiger partial charge in [0.2, 0.25) is 0 Å². The van der Waals surface area contributed by atoms with Crippen molar-refractivity contribution in [2.45, 2.75) is 124 Å². The first-order valence-electron chi connectivity index (χ1n) is 18.8. The van der Waals surface area contributed by atoms with Crippen LogP contribution in [0.15, 0.2) is 66.1 Å². The minimum absolute atomic E-state index is 0.579. The predicted octanol–water partition coefficient (Wildman–Crippen LogP) is 10.6. The third-order valence-electron chi connectivity index (χ3n) is 10.7. The van der Waals surface area contributed by atoms with Gasteiger partial charge in [-0.1, -0.05) is 65.3 Å². The van der Waals surface area contributed by atoms with Crippen molar-refractivity contribution in [2.24, 2.45) is 28.7 Å². The Kier molecular flexibility index (Phi) is 12.5. The van der Waals surface area contributed by atoms with Crippen molar-refractivity contribution in [3.05, 3.63) is 83.6 Å². The van der Waals surface area contributed by atoms with Gasteiger partial charge in [-0.05, 0) is 119 Å². The zero-order chi connectivity index (χ0) is 33.3. The molecule has 254 valence electrons. The van der Waals surface area contributed by atoms with E-state index in [4.69, 9.17) is 21.5 Å². The number of nitrogens with zero attached hydrogens (tertiary/aromatic N) is 4. The van der Waals surface area contributed by atoms with Crippen molar-refractivity contribution in [3.8, 4) is 0 Å². The standard InChI is InChI=1S/C35H46N4.C7H15N/c1-4-27-16-17-32(37-24(27)2)29-12-10-26(11-13-29)23-39(25(3)28-8-6-5-7-9-28)35-22-31(20-21-36-35)34-19-18-33(38-34)30-14-15-30;1-6(2)5-8-7(3)4/h16-17,19-22,26,28-30H,3-15,18,23H2,1-2H3;6,8H,3,5H2,1-2,4H3. The number of aliphatic imine (C=N–C) groups is 1. The topological polar surface area (TPSA) is 53.4 Å². The van der Waals surface area contributed by atoms with Crippen LogP contribution in [-0.2, 0) is 6.42 Å². The zero-order valence-corrected chi connectivity index (χ0v) is 30.2. The van der Waals surface area contributed by atoms with Crippen LogP contribution >= 0.6 is 0 Å². The van der Waals surface area contributed by atoms with E-state index in [9.17, 15) is 0 Å². The van der Waals surface area contributed by atoms with Crippen LogP contribution in [0.5, 0.6) is 0 Å². The van der Waals surface area contributed by atoms with Gasteiger partial charge in [-0.2, -0.15) is 0 Å². The second kappa shape index (κ2) is 16.8. The Morgan fingerprint density at radius 3 is 2.30 bits per heavy atom. The van der Waals surface area contributed by atoms with Gasteiger partial charge in [0, 0.05) is 65.7 Å². The number of anilines is 1. The van der Waals surface area contributed by atoms with Gasteiger partial charge < -0.3 is 10.2 Å². The molecular weight excluding hydrogens is 574 g/mol. The normalized spacial score (nSPS) is 21.4. The highest BCUT2D eigenvalue weighted by Gasteiger charge is 2.31. The fourth-order valence-corrected chi connectivity index (χ4v) is 7.53. The average molecular weight is 636 g/mol. The lowest BCUT2D eigenvalue weighted by Crippen LogP contribution is -2.34. The molecule has 6 rings (SSSR count). The minimum atomic E-state index is 0.579. The number of aryl methyl sites for hydroxylation is 2. The van der Waals surface area contributed by atoms with E-state index < -0.39 is 0 Å². The van der Waals surface area contributed by atoms with Crippen LogP contribution < -0.4 is 10.2 Å². The summed E-state index contributed by atoms with van der Waals surface area (Å²) in [5, 5.41) is 3.15. The summed E-state index contributed by atoms with van der Waals surface area (Å²) in [5.41, 5.74) is 9.97. The van der Waals surface area contributed by atoms with E-state index in [2.05, 4.69) is 74.8 Å².